The first-order valence-corrected chi connectivity index (χ1v) is 5.78. The third-order valence-electron chi connectivity index (χ3n) is 3.53. The fourth-order valence-electron chi connectivity index (χ4n) is 2.81. The lowest BCUT2D eigenvalue weighted by Gasteiger charge is -2.39. The zero-order valence-electron chi connectivity index (χ0n) is 9.11. The lowest BCUT2D eigenvalue weighted by Crippen LogP contribution is -2.37. The first kappa shape index (κ1) is 9.64. The lowest BCUT2D eigenvalue weighted by molar-refractivity contribution is -0.158. The first-order chi connectivity index (χ1) is 7.80. The third-order valence-corrected chi connectivity index (χ3v) is 3.53. The minimum atomic E-state index is -0.374. The van der Waals surface area contributed by atoms with Crippen LogP contribution in [0.4, 0.5) is 0 Å². The molecule has 1 aliphatic carbocycles. The van der Waals surface area contributed by atoms with Crippen molar-refractivity contribution in [2.24, 2.45) is 0 Å². The number of hydrogen-bond donors (Lipinski definition) is 0. The van der Waals surface area contributed by atoms with Crippen molar-refractivity contribution in [3.8, 4) is 0 Å². The van der Waals surface area contributed by atoms with Gasteiger partial charge in [-0.3, -0.25) is 0 Å². The Bertz CT molecular complexity index is 462. The number of carbonyl (C=O) groups excluding carboxylic acids is 1. The number of esters is 1. The predicted molar refractivity (Wildman–Crippen MR) is 60.9 cm³/mol. The second kappa shape index (κ2) is 3.48. The molecule has 16 heavy (non-hydrogen) atoms. The van der Waals surface area contributed by atoms with Gasteiger partial charge in [-0.2, -0.15) is 0 Å². The topological polar surface area (TPSA) is 26.3 Å². The quantitative estimate of drug-likeness (QED) is 0.621. The molecule has 1 atom stereocenters. The molecule has 1 aliphatic heterocycles. The van der Waals surface area contributed by atoms with Crippen LogP contribution in [0.15, 0.2) is 36.4 Å². The molecule has 0 radical (unpaired) electrons. The Morgan fingerprint density at radius 1 is 1.25 bits per heavy atom. The summed E-state index contributed by atoms with van der Waals surface area (Å²) in [4.78, 5) is 11.4. The SMILES string of the molecule is O=C1C=CC[C@]2(CCCc3ccccc32)O1. The molecule has 1 aromatic carbocycles. The van der Waals surface area contributed by atoms with Gasteiger partial charge in [-0.1, -0.05) is 30.3 Å². The average Bonchev–Trinajstić information content (AvgIpc) is 2.30. The van der Waals surface area contributed by atoms with E-state index in [9.17, 15) is 4.79 Å². The number of hydrogen-bond acceptors (Lipinski definition) is 2. The van der Waals surface area contributed by atoms with E-state index >= 15 is 0 Å². The number of aryl methyl sites for hydroxylation is 1. The summed E-state index contributed by atoms with van der Waals surface area (Å²) in [6.45, 7) is 0. The maximum atomic E-state index is 11.4. The van der Waals surface area contributed by atoms with Crippen molar-refractivity contribution in [2.75, 3.05) is 0 Å². The van der Waals surface area contributed by atoms with Gasteiger partial charge in [0.2, 0.25) is 0 Å². The summed E-state index contributed by atoms with van der Waals surface area (Å²) in [6, 6.07) is 8.32. The Labute approximate surface area is 94.9 Å². The zero-order chi connectivity index (χ0) is 11.0. The molecule has 1 aromatic rings. The van der Waals surface area contributed by atoms with Crippen molar-refractivity contribution in [3.63, 3.8) is 0 Å². The standard InChI is InChI=1S/C14H14O2/c15-13-8-4-10-14(16-13)9-3-6-11-5-1-2-7-12(11)14/h1-2,4-5,7-8H,3,6,9-10H2/t14-/m0/s1. The van der Waals surface area contributed by atoms with E-state index in [4.69, 9.17) is 4.74 Å². The number of rotatable bonds is 0. The van der Waals surface area contributed by atoms with E-state index in [0.717, 1.165) is 25.7 Å². The summed E-state index contributed by atoms with van der Waals surface area (Å²) >= 11 is 0. The molecule has 2 aliphatic rings. The minimum Gasteiger partial charge on any atom is -0.451 e. The molecule has 1 spiro atoms. The van der Waals surface area contributed by atoms with Gasteiger partial charge in [-0.15, -0.1) is 0 Å². The molecule has 0 amide bonds. The Morgan fingerprint density at radius 2 is 2.12 bits per heavy atom. The van der Waals surface area contributed by atoms with Crippen LogP contribution in [0.2, 0.25) is 0 Å². The number of fused-ring (bicyclic) bond motifs is 2. The summed E-state index contributed by atoms with van der Waals surface area (Å²) in [6.07, 6.45) is 7.42. The van der Waals surface area contributed by atoms with Crippen LogP contribution in [0, 0.1) is 0 Å². The largest absolute Gasteiger partial charge is 0.451 e. The number of benzene rings is 1. The molecule has 0 fully saturated rings. The van der Waals surface area contributed by atoms with Gasteiger partial charge in [0.05, 0.1) is 0 Å². The molecule has 82 valence electrons. The molecule has 0 saturated heterocycles. The van der Waals surface area contributed by atoms with Gasteiger partial charge in [-0.25, -0.2) is 4.79 Å². The van der Waals surface area contributed by atoms with E-state index in [2.05, 4.69) is 18.2 Å². The van der Waals surface area contributed by atoms with Crippen LogP contribution in [0.25, 0.3) is 0 Å². The van der Waals surface area contributed by atoms with Gasteiger partial charge in [0.1, 0.15) is 5.60 Å². The molecular formula is C14H14O2. The van der Waals surface area contributed by atoms with E-state index in [0.29, 0.717) is 0 Å². The second-order valence-corrected chi connectivity index (χ2v) is 4.53. The molecule has 0 saturated carbocycles. The van der Waals surface area contributed by atoms with Crippen molar-refractivity contribution in [1.82, 2.24) is 0 Å². The van der Waals surface area contributed by atoms with Gasteiger partial charge in [0, 0.05) is 12.5 Å². The van der Waals surface area contributed by atoms with Crippen molar-refractivity contribution in [3.05, 3.63) is 47.5 Å². The van der Waals surface area contributed by atoms with Crippen LogP contribution >= 0.6 is 0 Å². The average molecular weight is 214 g/mol. The fourth-order valence-corrected chi connectivity index (χ4v) is 2.81. The summed E-state index contributed by atoms with van der Waals surface area (Å²) < 4.78 is 5.62. The van der Waals surface area contributed by atoms with Gasteiger partial charge in [0.15, 0.2) is 0 Å². The van der Waals surface area contributed by atoms with Crippen LogP contribution in [0.1, 0.15) is 30.4 Å². The second-order valence-electron chi connectivity index (χ2n) is 4.53. The minimum absolute atomic E-state index is 0.206. The molecular weight excluding hydrogens is 200 g/mol. The van der Waals surface area contributed by atoms with E-state index in [1.165, 1.54) is 17.2 Å². The van der Waals surface area contributed by atoms with Crippen LogP contribution < -0.4 is 0 Å². The first-order valence-electron chi connectivity index (χ1n) is 5.78. The van der Waals surface area contributed by atoms with E-state index < -0.39 is 0 Å². The summed E-state index contributed by atoms with van der Waals surface area (Å²) in [5.41, 5.74) is 2.16. The Balaban J connectivity index is 2.10. The summed E-state index contributed by atoms with van der Waals surface area (Å²) in [7, 11) is 0. The molecule has 0 N–H and O–H groups in total. The van der Waals surface area contributed by atoms with Crippen molar-refractivity contribution in [2.45, 2.75) is 31.3 Å². The molecule has 0 bridgehead atoms. The summed E-state index contributed by atoms with van der Waals surface area (Å²) in [5, 5.41) is 0. The number of carbonyl (C=O) groups is 1. The molecule has 2 heteroatoms. The van der Waals surface area contributed by atoms with Crippen molar-refractivity contribution in [1.29, 1.82) is 0 Å². The monoisotopic (exact) mass is 214 g/mol. The molecule has 0 aromatic heterocycles. The van der Waals surface area contributed by atoms with E-state index in [1.807, 2.05) is 12.1 Å². The van der Waals surface area contributed by atoms with E-state index in [1.54, 1.807) is 0 Å². The highest BCUT2D eigenvalue weighted by atomic mass is 16.6. The molecule has 1 heterocycles. The summed E-state index contributed by atoms with van der Waals surface area (Å²) in [5.74, 6) is -0.206. The van der Waals surface area contributed by atoms with E-state index in [-0.39, 0.29) is 11.6 Å². The number of ether oxygens (including phenoxy) is 1. The normalized spacial score (nSPS) is 27.6. The van der Waals surface area contributed by atoms with Crippen LogP contribution in [0.5, 0.6) is 0 Å². The fraction of sp³-hybridized carbons (Fsp3) is 0.357. The third kappa shape index (κ3) is 1.37. The zero-order valence-corrected chi connectivity index (χ0v) is 9.11. The smallest absolute Gasteiger partial charge is 0.331 e. The van der Waals surface area contributed by atoms with Crippen molar-refractivity contribution >= 4 is 5.97 Å². The van der Waals surface area contributed by atoms with Gasteiger partial charge in [-0.05, 0) is 30.4 Å². The highest BCUT2D eigenvalue weighted by Gasteiger charge is 2.40. The molecule has 2 nitrogen and oxygen atoms in total. The van der Waals surface area contributed by atoms with Gasteiger partial charge < -0.3 is 4.74 Å². The lowest BCUT2D eigenvalue weighted by atomic mass is 9.76. The Morgan fingerprint density at radius 3 is 3.00 bits per heavy atom. The Kier molecular flexibility index (Phi) is 2.10. The van der Waals surface area contributed by atoms with Gasteiger partial charge in [0.25, 0.3) is 0 Å². The molecule has 3 rings (SSSR count). The Hall–Kier alpha value is -1.57. The van der Waals surface area contributed by atoms with Crippen molar-refractivity contribution < 1.29 is 9.53 Å². The van der Waals surface area contributed by atoms with Crippen LogP contribution in [-0.4, -0.2) is 5.97 Å². The maximum Gasteiger partial charge on any atom is 0.331 e. The predicted octanol–water partition coefficient (Wildman–Crippen LogP) is 2.72. The highest BCUT2D eigenvalue weighted by molar-refractivity contribution is 5.83. The van der Waals surface area contributed by atoms with Crippen LogP contribution in [-0.2, 0) is 21.6 Å². The molecule has 0 unspecified atom stereocenters. The van der Waals surface area contributed by atoms with Gasteiger partial charge >= 0.3 is 5.97 Å². The highest BCUT2D eigenvalue weighted by Crippen LogP contribution is 2.42. The maximum absolute atomic E-state index is 11.4. The van der Waals surface area contributed by atoms with Crippen LogP contribution in [0.3, 0.4) is 0 Å².